The smallest absolute Gasteiger partial charge is 0.256 e. The number of ether oxygens (including phenoxy) is 1. The molecular weight excluding hydrogens is 434 g/mol. The second-order valence-electron chi connectivity index (χ2n) is 9.59. The number of benzene rings is 1. The summed E-state index contributed by atoms with van der Waals surface area (Å²) in [6.45, 7) is 7.31. The number of hydrogen-bond donors (Lipinski definition) is 1. The molecule has 1 atom stereocenters. The number of likely N-dealkylation sites (tertiary alicyclic amines) is 1. The summed E-state index contributed by atoms with van der Waals surface area (Å²) in [7, 11) is 0. The van der Waals surface area contributed by atoms with Crippen molar-refractivity contribution in [3.63, 3.8) is 0 Å². The molecule has 8 nitrogen and oxygen atoms in total. The van der Waals surface area contributed by atoms with E-state index in [0.717, 1.165) is 5.56 Å². The number of aryl methyl sites for hydroxylation is 1. The molecule has 2 saturated heterocycles. The molecular formula is C26H33N3O5. The molecule has 0 bridgehead atoms. The zero-order valence-corrected chi connectivity index (χ0v) is 20.1. The number of hydrogen-bond acceptors (Lipinski definition) is 5. The normalized spacial score (nSPS) is 19.6. The molecule has 0 aliphatic carbocycles. The molecule has 0 unspecified atom stereocenters. The SMILES string of the molecule is Cc1cccc(C(=O)N2[C@H](C(=O)NCc3ccco3)COC23CCN(C(=O)CC(C)C)CC3)c1. The molecule has 0 radical (unpaired) electrons. The molecule has 2 aliphatic heterocycles. The number of amides is 3. The zero-order chi connectivity index (χ0) is 24.3. The first-order chi connectivity index (χ1) is 16.3. The van der Waals surface area contributed by atoms with Crippen LogP contribution in [0, 0.1) is 12.8 Å². The molecule has 8 heteroatoms. The van der Waals surface area contributed by atoms with E-state index >= 15 is 0 Å². The molecule has 3 heterocycles. The summed E-state index contributed by atoms with van der Waals surface area (Å²) in [6.07, 6.45) is 2.99. The Morgan fingerprint density at radius 2 is 1.91 bits per heavy atom. The van der Waals surface area contributed by atoms with Gasteiger partial charge in [0.15, 0.2) is 0 Å². The Kier molecular flexibility index (Phi) is 7.07. The van der Waals surface area contributed by atoms with Crippen LogP contribution in [0.3, 0.4) is 0 Å². The van der Waals surface area contributed by atoms with Crippen LogP contribution < -0.4 is 5.32 Å². The van der Waals surface area contributed by atoms with Gasteiger partial charge in [-0.2, -0.15) is 0 Å². The Balaban J connectivity index is 1.55. The van der Waals surface area contributed by atoms with Gasteiger partial charge in [-0.1, -0.05) is 31.5 Å². The predicted molar refractivity (Wildman–Crippen MR) is 126 cm³/mol. The largest absolute Gasteiger partial charge is 0.467 e. The van der Waals surface area contributed by atoms with Crippen LogP contribution in [-0.2, 0) is 20.9 Å². The van der Waals surface area contributed by atoms with Crippen LogP contribution in [0.4, 0.5) is 0 Å². The number of rotatable bonds is 6. The molecule has 2 aliphatic rings. The number of carbonyl (C=O) groups excluding carboxylic acids is 3. The quantitative estimate of drug-likeness (QED) is 0.705. The maximum Gasteiger partial charge on any atom is 0.256 e. The van der Waals surface area contributed by atoms with Crippen molar-refractivity contribution in [3.05, 3.63) is 59.5 Å². The van der Waals surface area contributed by atoms with Crippen molar-refractivity contribution in [2.75, 3.05) is 19.7 Å². The Labute approximate surface area is 200 Å². The summed E-state index contributed by atoms with van der Waals surface area (Å²) < 4.78 is 11.5. The minimum atomic E-state index is -0.915. The van der Waals surface area contributed by atoms with Crippen LogP contribution in [0.25, 0.3) is 0 Å². The van der Waals surface area contributed by atoms with Crippen molar-refractivity contribution in [2.45, 2.75) is 58.3 Å². The van der Waals surface area contributed by atoms with Crippen molar-refractivity contribution in [2.24, 2.45) is 5.92 Å². The van der Waals surface area contributed by atoms with Crippen LogP contribution in [0.15, 0.2) is 47.1 Å². The van der Waals surface area contributed by atoms with Gasteiger partial charge >= 0.3 is 0 Å². The lowest BCUT2D eigenvalue weighted by molar-refractivity contribution is -0.144. The number of nitrogens with one attached hydrogen (secondary N) is 1. The fourth-order valence-electron chi connectivity index (χ4n) is 4.77. The van der Waals surface area contributed by atoms with Crippen LogP contribution in [-0.4, -0.2) is 59.0 Å². The maximum absolute atomic E-state index is 13.7. The first kappa shape index (κ1) is 24.0. The molecule has 2 fully saturated rings. The second kappa shape index (κ2) is 10.0. The Morgan fingerprint density at radius 1 is 1.15 bits per heavy atom. The van der Waals surface area contributed by atoms with Gasteiger partial charge < -0.3 is 19.4 Å². The van der Waals surface area contributed by atoms with Gasteiger partial charge in [0.05, 0.1) is 19.4 Å². The summed E-state index contributed by atoms with van der Waals surface area (Å²) >= 11 is 0. The standard InChI is InChI=1S/C26H33N3O5/c1-18(2)14-23(30)28-11-9-26(10-12-28)29(25(32)20-7-4-6-19(3)15-20)22(17-34-26)24(31)27-16-21-8-5-13-33-21/h4-8,13,15,18,22H,9-12,14,16-17H2,1-3H3,(H,27,31)/t22-/m0/s1. The van der Waals surface area contributed by atoms with Crippen molar-refractivity contribution in [3.8, 4) is 0 Å². The van der Waals surface area contributed by atoms with Gasteiger partial charge in [0.25, 0.3) is 5.91 Å². The van der Waals surface area contributed by atoms with E-state index in [9.17, 15) is 14.4 Å². The molecule has 2 aromatic rings. The van der Waals surface area contributed by atoms with Crippen LogP contribution >= 0.6 is 0 Å². The highest BCUT2D eigenvalue weighted by Gasteiger charge is 2.54. The molecule has 34 heavy (non-hydrogen) atoms. The number of carbonyl (C=O) groups is 3. The van der Waals surface area contributed by atoms with Crippen molar-refractivity contribution < 1.29 is 23.5 Å². The van der Waals surface area contributed by atoms with Crippen molar-refractivity contribution >= 4 is 17.7 Å². The summed E-state index contributed by atoms with van der Waals surface area (Å²) in [5, 5.41) is 2.87. The predicted octanol–water partition coefficient (Wildman–Crippen LogP) is 3.11. The highest BCUT2D eigenvalue weighted by molar-refractivity contribution is 5.98. The Hall–Kier alpha value is -3.13. The lowest BCUT2D eigenvalue weighted by Crippen LogP contribution is -2.59. The van der Waals surface area contributed by atoms with Gasteiger partial charge in [0.1, 0.15) is 17.5 Å². The molecule has 4 rings (SSSR count). The van der Waals surface area contributed by atoms with E-state index < -0.39 is 11.8 Å². The van der Waals surface area contributed by atoms with E-state index in [2.05, 4.69) is 5.32 Å². The van der Waals surface area contributed by atoms with E-state index in [4.69, 9.17) is 9.15 Å². The van der Waals surface area contributed by atoms with Crippen LogP contribution in [0.1, 0.15) is 54.8 Å². The minimum Gasteiger partial charge on any atom is -0.467 e. The highest BCUT2D eigenvalue weighted by Crippen LogP contribution is 2.38. The molecule has 3 amide bonds. The van der Waals surface area contributed by atoms with Crippen LogP contribution in [0.5, 0.6) is 0 Å². The first-order valence-electron chi connectivity index (χ1n) is 11.9. The average Bonchev–Trinajstić information content (AvgIpc) is 3.45. The second-order valence-corrected chi connectivity index (χ2v) is 9.59. The van der Waals surface area contributed by atoms with Gasteiger partial charge in [-0.3, -0.25) is 19.3 Å². The average molecular weight is 468 g/mol. The first-order valence-corrected chi connectivity index (χ1v) is 11.9. The summed E-state index contributed by atoms with van der Waals surface area (Å²) in [5.41, 5.74) is 0.572. The molecule has 0 saturated carbocycles. The molecule has 182 valence electrons. The highest BCUT2D eigenvalue weighted by atomic mass is 16.5. The van der Waals surface area contributed by atoms with E-state index in [1.165, 1.54) is 0 Å². The van der Waals surface area contributed by atoms with Gasteiger partial charge in [-0.25, -0.2) is 0 Å². The fourth-order valence-corrected chi connectivity index (χ4v) is 4.77. The third kappa shape index (κ3) is 5.01. The van der Waals surface area contributed by atoms with Gasteiger partial charge in [0, 0.05) is 37.9 Å². The Bertz CT molecular complexity index is 1020. The molecule has 1 spiro atoms. The lowest BCUT2D eigenvalue weighted by Gasteiger charge is -2.44. The molecule has 1 aromatic heterocycles. The van der Waals surface area contributed by atoms with Gasteiger partial charge in [-0.15, -0.1) is 0 Å². The van der Waals surface area contributed by atoms with Crippen molar-refractivity contribution in [1.82, 2.24) is 15.1 Å². The molecule has 1 aromatic carbocycles. The van der Waals surface area contributed by atoms with E-state index in [-0.39, 0.29) is 36.8 Å². The van der Waals surface area contributed by atoms with Crippen molar-refractivity contribution in [1.29, 1.82) is 0 Å². The Morgan fingerprint density at radius 3 is 2.56 bits per heavy atom. The maximum atomic E-state index is 13.7. The number of furan rings is 1. The van der Waals surface area contributed by atoms with Gasteiger partial charge in [-0.05, 0) is 37.1 Å². The number of piperidine rings is 1. The summed E-state index contributed by atoms with van der Waals surface area (Å²) in [4.78, 5) is 43.0. The van der Waals surface area contributed by atoms with Crippen LogP contribution in [0.2, 0.25) is 0 Å². The molecule has 1 N–H and O–H groups in total. The minimum absolute atomic E-state index is 0.113. The van der Waals surface area contributed by atoms with E-state index in [1.807, 2.05) is 43.9 Å². The third-order valence-corrected chi connectivity index (χ3v) is 6.54. The number of nitrogens with zero attached hydrogens (tertiary/aromatic N) is 2. The fraction of sp³-hybridized carbons (Fsp3) is 0.500. The topological polar surface area (TPSA) is 92.1 Å². The zero-order valence-electron chi connectivity index (χ0n) is 20.1. The third-order valence-electron chi connectivity index (χ3n) is 6.54. The lowest BCUT2D eigenvalue weighted by atomic mass is 9.95. The van der Waals surface area contributed by atoms with Gasteiger partial charge in [0.2, 0.25) is 11.8 Å². The van der Waals surface area contributed by atoms with E-state index in [1.54, 1.807) is 29.4 Å². The van der Waals surface area contributed by atoms with E-state index in [0.29, 0.717) is 43.7 Å². The summed E-state index contributed by atoms with van der Waals surface area (Å²) in [6, 6.07) is 10.1. The monoisotopic (exact) mass is 467 g/mol. The summed E-state index contributed by atoms with van der Waals surface area (Å²) in [5.74, 6) is 0.518.